The van der Waals surface area contributed by atoms with Crippen molar-refractivity contribution < 1.29 is 14.3 Å². The molecule has 1 aromatic rings. The van der Waals surface area contributed by atoms with Gasteiger partial charge in [-0.1, -0.05) is 12.8 Å². The minimum Gasteiger partial charge on any atom is -0.465 e. The first kappa shape index (κ1) is 10.0. The summed E-state index contributed by atoms with van der Waals surface area (Å²) in [5.74, 6) is 0.735. The molecule has 1 aliphatic rings. The third kappa shape index (κ3) is 2.29. The highest BCUT2D eigenvalue weighted by molar-refractivity contribution is 5.65. The van der Waals surface area contributed by atoms with Gasteiger partial charge in [-0.15, -0.1) is 0 Å². The Morgan fingerprint density at radius 3 is 3.00 bits per heavy atom. The van der Waals surface area contributed by atoms with Crippen LogP contribution in [0.25, 0.3) is 0 Å². The molecule has 15 heavy (non-hydrogen) atoms. The van der Waals surface area contributed by atoms with Crippen molar-refractivity contribution in [3.63, 3.8) is 0 Å². The van der Waals surface area contributed by atoms with Gasteiger partial charge in [-0.2, -0.15) is 0 Å². The van der Waals surface area contributed by atoms with Gasteiger partial charge in [-0.3, -0.25) is 0 Å². The quantitative estimate of drug-likeness (QED) is 0.782. The van der Waals surface area contributed by atoms with Crippen molar-refractivity contribution in [1.29, 1.82) is 0 Å². The molecule has 82 valence electrons. The van der Waals surface area contributed by atoms with Crippen molar-refractivity contribution in [3.05, 3.63) is 18.4 Å². The van der Waals surface area contributed by atoms with Gasteiger partial charge in [0.2, 0.25) is 0 Å². The molecule has 2 rings (SSSR count). The van der Waals surface area contributed by atoms with E-state index in [1.165, 1.54) is 6.26 Å². The molecule has 1 saturated carbocycles. The van der Waals surface area contributed by atoms with E-state index >= 15 is 0 Å². The largest absolute Gasteiger partial charge is 0.465 e. The summed E-state index contributed by atoms with van der Waals surface area (Å²) in [5.41, 5.74) is 0. The van der Waals surface area contributed by atoms with E-state index in [0.29, 0.717) is 5.89 Å². The number of oxazole rings is 1. The molecule has 1 fully saturated rings. The topological polar surface area (TPSA) is 75.4 Å². The Kier molecular flexibility index (Phi) is 2.89. The number of nitrogens with zero attached hydrogens (tertiary/aromatic N) is 1. The number of nitrogens with one attached hydrogen (secondary N) is 1. The molecule has 1 aromatic heterocycles. The molecular weight excluding hydrogens is 196 g/mol. The van der Waals surface area contributed by atoms with E-state index in [4.69, 9.17) is 9.52 Å². The normalized spacial score (nSPS) is 26.1. The van der Waals surface area contributed by atoms with Crippen LogP contribution in [0.5, 0.6) is 0 Å². The van der Waals surface area contributed by atoms with Crippen molar-refractivity contribution in [2.45, 2.75) is 37.6 Å². The molecule has 1 aliphatic carbocycles. The van der Waals surface area contributed by atoms with Gasteiger partial charge in [0.1, 0.15) is 6.26 Å². The van der Waals surface area contributed by atoms with Gasteiger partial charge in [0.05, 0.1) is 12.1 Å². The van der Waals surface area contributed by atoms with Gasteiger partial charge in [-0.05, 0) is 12.8 Å². The maximum atomic E-state index is 10.6. The van der Waals surface area contributed by atoms with Crippen LogP contribution in [0.15, 0.2) is 16.9 Å². The van der Waals surface area contributed by atoms with Crippen molar-refractivity contribution >= 4 is 6.09 Å². The van der Waals surface area contributed by atoms with Crippen LogP contribution in [0.4, 0.5) is 4.79 Å². The molecule has 0 saturated heterocycles. The van der Waals surface area contributed by atoms with Crippen LogP contribution in [0.3, 0.4) is 0 Å². The molecule has 2 atom stereocenters. The maximum Gasteiger partial charge on any atom is 0.404 e. The Labute approximate surface area is 87.5 Å². The minimum absolute atomic E-state index is 0.0603. The zero-order chi connectivity index (χ0) is 10.7. The fourth-order valence-electron chi connectivity index (χ4n) is 2.18. The predicted molar refractivity (Wildman–Crippen MR) is 52.7 cm³/mol. The lowest BCUT2D eigenvalue weighted by atomic mass is 9.84. The summed E-state index contributed by atoms with van der Waals surface area (Å²) in [7, 11) is 0. The fourth-order valence-corrected chi connectivity index (χ4v) is 2.18. The van der Waals surface area contributed by atoms with Crippen LogP contribution < -0.4 is 5.32 Å². The summed E-state index contributed by atoms with van der Waals surface area (Å²) in [6, 6.07) is -0.0603. The molecule has 2 N–H and O–H groups in total. The van der Waals surface area contributed by atoms with E-state index < -0.39 is 6.09 Å². The standard InChI is InChI=1S/C10H14N2O3/c13-10(14)12-8-4-2-1-3-7(8)9-11-5-6-15-9/h5-8,12H,1-4H2,(H,13,14). The summed E-state index contributed by atoms with van der Waals surface area (Å²) < 4.78 is 5.24. The molecule has 0 spiro atoms. The van der Waals surface area contributed by atoms with Gasteiger partial charge >= 0.3 is 6.09 Å². The van der Waals surface area contributed by atoms with Crippen LogP contribution >= 0.6 is 0 Å². The van der Waals surface area contributed by atoms with E-state index in [0.717, 1.165) is 25.7 Å². The molecule has 0 bridgehead atoms. The Balaban J connectivity index is 2.09. The lowest BCUT2D eigenvalue weighted by Gasteiger charge is -2.28. The lowest BCUT2D eigenvalue weighted by Crippen LogP contribution is -2.40. The van der Waals surface area contributed by atoms with Crippen molar-refractivity contribution in [2.75, 3.05) is 0 Å². The van der Waals surface area contributed by atoms with E-state index in [9.17, 15) is 4.79 Å². The average Bonchev–Trinajstić information content (AvgIpc) is 2.70. The highest BCUT2D eigenvalue weighted by atomic mass is 16.4. The van der Waals surface area contributed by atoms with Crippen LogP contribution in [0, 0.1) is 0 Å². The number of aromatic nitrogens is 1. The average molecular weight is 210 g/mol. The fraction of sp³-hybridized carbons (Fsp3) is 0.600. The minimum atomic E-state index is -0.974. The summed E-state index contributed by atoms with van der Waals surface area (Å²) in [4.78, 5) is 14.7. The van der Waals surface area contributed by atoms with Crippen LogP contribution in [0.1, 0.15) is 37.5 Å². The Bertz CT molecular complexity index is 323. The SMILES string of the molecule is O=C(O)NC1CCCCC1c1ncco1. The predicted octanol–water partition coefficient (Wildman–Crippen LogP) is 1.97. The molecule has 5 heteroatoms. The van der Waals surface area contributed by atoms with Gasteiger partial charge in [-0.25, -0.2) is 9.78 Å². The summed E-state index contributed by atoms with van der Waals surface area (Å²) in [5, 5.41) is 11.3. The molecule has 2 unspecified atom stereocenters. The van der Waals surface area contributed by atoms with E-state index in [1.54, 1.807) is 6.20 Å². The Morgan fingerprint density at radius 2 is 2.33 bits per heavy atom. The molecule has 1 amide bonds. The summed E-state index contributed by atoms with van der Waals surface area (Å²) in [6.07, 6.45) is 6.11. The van der Waals surface area contributed by atoms with Crippen LogP contribution in [-0.4, -0.2) is 22.2 Å². The van der Waals surface area contributed by atoms with Gasteiger partial charge in [0.15, 0.2) is 5.89 Å². The second kappa shape index (κ2) is 4.33. The second-order valence-electron chi connectivity index (χ2n) is 3.82. The van der Waals surface area contributed by atoms with Gasteiger partial charge in [0, 0.05) is 6.04 Å². The molecule has 0 radical (unpaired) electrons. The molecule has 0 aliphatic heterocycles. The number of carbonyl (C=O) groups is 1. The van der Waals surface area contributed by atoms with E-state index in [1.807, 2.05) is 0 Å². The first-order valence-electron chi connectivity index (χ1n) is 5.16. The summed E-state index contributed by atoms with van der Waals surface area (Å²) >= 11 is 0. The number of hydrogen-bond acceptors (Lipinski definition) is 3. The smallest absolute Gasteiger partial charge is 0.404 e. The number of carboxylic acid groups (broad SMARTS) is 1. The van der Waals surface area contributed by atoms with Gasteiger partial charge in [0.25, 0.3) is 0 Å². The van der Waals surface area contributed by atoms with E-state index in [-0.39, 0.29) is 12.0 Å². The lowest BCUT2D eigenvalue weighted by molar-refractivity contribution is 0.180. The third-order valence-corrected chi connectivity index (χ3v) is 2.84. The number of amides is 1. The number of rotatable bonds is 2. The van der Waals surface area contributed by atoms with Crippen LogP contribution in [0.2, 0.25) is 0 Å². The Morgan fingerprint density at radius 1 is 1.53 bits per heavy atom. The monoisotopic (exact) mass is 210 g/mol. The molecule has 0 aromatic carbocycles. The first-order valence-corrected chi connectivity index (χ1v) is 5.16. The summed E-state index contributed by atoms with van der Waals surface area (Å²) in [6.45, 7) is 0. The third-order valence-electron chi connectivity index (χ3n) is 2.84. The van der Waals surface area contributed by atoms with E-state index in [2.05, 4.69) is 10.3 Å². The molecular formula is C10H14N2O3. The number of hydrogen-bond donors (Lipinski definition) is 2. The van der Waals surface area contributed by atoms with Crippen LogP contribution in [-0.2, 0) is 0 Å². The van der Waals surface area contributed by atoms with Crippen molar-refractivity contribution in [3.8, 4) is 0 Å². The first-order chi connectivity index (χ1) is 7.27. The maximum absolute atomic E-state index is 10.6. The molecule has 1 heterocycles. The Hall–Kier alpha value is -1.52. The second-order valence-corrected chi connectivity index (χ2v) is 3.82. The zero-order valence-electron chi connectivity index (χ0n) is 8.35. The van der Waals surface area contributed by atoms with Crippen molar-refractivity contribution in [1.82, 2.24) is 10.3 Å². The zero-order valence-corrected chi connectivity index (χ0v) is 8.35. The van der Waals surface area contributed by atoms with Crippen molar-refractivity contribution in [2.24, 2.45) is 0 Å². The molecule has 5 nitrogen and oxygen atoms in total. The highest BCUT2D eigenvalue weighted by Gasteiger charge is 2.30. The highest BCUT2D eigenvalue weighted by Crippen LogP contribution is 2.32. The van der Waals surface area contributed by atoms with Gasteiger partial charge < -0.3 is 14.8 Å².